The zero-order valence-corrected chi connectivity index (χ0v) is 11.0. The number of carbonyl (C=O) groups excluding carboxylic acids is 1. The Hall–Kier alpha value is -1.49. The number of hydrogen-bond donors (Lipinski definition) is 1. The molecule has 0 aliphatic carbocycles. The molecule has 0 bridgehead atoms. The van der Waals surface area contributed by atoms with Gasteiger partial charge in [0.2, 0.25) is 0 Å². The fourth-order valence-electron chi connectivity index (χ4n) is 2.41. The number of aromatic nitrogens is 2. The number of nitrogens with one attached hydrogen (secondary N) is 1. The van der Waals surface area contributed by atoms with E-state index in [1.165, 1.54) is 25.7 Å². The highest BCUT2D eigenvalue weighted by Gasteiger charge is 2.20. The molecule has 2 heterocycles. The molecule has 0 aromatic carbocycles. The van der Waals surface area contributed by atoms with E-state index in [0.29, 0.717) is 18.2 Å². The molecule has 5 heteroatoms. The van der Waals surface area contributed by atoms with Crippen LogP contribution in [0.15, 0.2) is 12.5 Å². The number of nitrogens with zero attached hydrogens (tertiary/aromatic N) is 3. The van der Waals surface area contributed by atoms with Gasteiger partial charge in [-0.1, -0.05) is 0 Å². The molecule has 0 radical (unpaired) electrons. The molecule has 1 fully saturated rings. The van der Waals surface area contributed by atoms with Gasteiger partial charge in [-0.2, -0.15) is 0 Å². The molecule has 0 spiro atoms. The Bertz CT molecular complexity index is 421. The Morgan fingerprint density at radius 2 is 2.44 bits per heavy atom. The highest BCUT2D eigenvalue weighted by molar-refractivity contribution is 5.94. The summed E-state index contributed by atoms with van der Waals surface area (Å²) in [5.74, 6) is -0.0752. The standard InChI is InChI=1S/C13H20N4O/c1-10-12(8-14-9-16-10)13(18)15-6-5-11-4-3-7-17(11)2/h8-9,11H,3-7H2,1-2H3,(H,15,18). The SMILES string of the molecule is Cc1ncncc1C(=O)NCCC1CCCN1C. The summed E-state index contributed by atoms with van der Waals surface area (Å²) in [6, 6.07) is 0.610. The summed E-state index contributed by atoms with van der Waals surface area (Å²) in [6.07, 6.45) is 6.54. The van der Waals surface area contributed by atoms with E-state index in [-0.39, 0.29) is 5.91 Å². The van der Waals surface area contributed by atoms with Gasteiger partial charge in [0.15, 0.2) is 0 Å². The van der Waals surface area contributed by atoms with Crippen LogP contribution in [0.5, 0.6) is 0 Å². The van der Waals surface area contributed by atoms with Crippen molar-refractivity contribution < 1.29 is 4.79 Å². The molecule has 2 rings (SSSR count). The maximum atomic E-state index is 11.9. The van der Waals surface area contributed by atoms with E-state index in [1.807, 2.05) is 6.92 Å². The fraction of sp³-hybridized carbons (Fsp3) is 0.615. The largest absolute Gasteiger partial charge is 0.352 e. The Balaban J connectivity index is 1.80. The van der Waals surface area contributed by atoms with Crippen molar-refractivity contribution in [3.8, 4) is 0 Å². The molecule has 1 saturated heterocycles. The molecule has 18 heavy (non-hydrogen) atoms. The van der Waals surface area contributed by atoms with Gasteiger partial charge in [-0.25, -0.2) is 9.97 Å². The number of amides is 1. The summed E-state index contributed by atoms with van der Waals surface area (Å²) in [6.45, 7) is 3.70. The lowest BCUT2D eigenvalue weighted by molar-refractivity contribution is 0.0949. The minimum atomic E-state index is -0.0752. The molecule has 98 valence electrons. The maximum absolute atomic E-state index is 11.9. The van der Waals surface area contributed by atoms with Crippen LogP contribution in [0.2, 0.25) is 0 Å². The quantitative estimate of drug-likeness (QED) is 0.863. The zero-order valence-electron chi connectivity index (χ0n) is 11.0. The van der Waals surface area contributed by atoms with Crippen LogP contribution in [0.25, 0.3) is 0 Å². The van der Waals surface area contributed by atoms with Gasteiger partial charge in [-0.15, -0.1) is 0 Å². The highest BCUT2D eigenvalue weighted by Crippen LogP contribution is 2.17. The summed E-state index contributed by atoms with van der Waals surface area (Å²) in [5, 5.41) is 2.94. The molecule has 0 saturated carbocycles. The van der Waals surface area contributed by atoms with Crippen molar-refractivity contribution in [3.63, 3.8) is 0 Å². The molecule has 1 atom stereocenters. The highest BCUT2D eigenvalue weighted by atomic mass is 16.1. The third kappa shape index (κ3) is 3.04. The van der Waals surface area contributed by atoms with E-state index in [9.17, 15) is 4.79 Å². The molecular weight excluding hydrogens is 228 g/mol. The number of rotatable bonds is 4. The van der Waals surface area contributed by atoms with Gasteiger partial charge in [0.05, 0.1) is 11.3 Å². The number of hydrogen-bond acceptors (Lipinski definition) is 4. The van der Waals surface area contributed by atoms with Crippen molar-refractivity contribution in [3.05, 3.63) is 23.8 Å². The molecule has 1 aromatic rings. The monoisotopic (exact) mass is 248 g/mol. The van der Waals surface area contributed by atoms with Crippen LogP contribution in [-0.4, -0.2) is 47.0 Å². The predicted molar refractivity (Wildman–Crippen MR) is 69.4 cm³/mol. The minimum absolute atomic E-state index is 0.0752. The van der Waals surface area contributed by atoms with Gasteiger partial charge < -0.3 is 10.2 Å². The van der Waals surface area contributed by atoms with Gasteiger partial charge in [-0.05, 0) is 39.8 Å². The average Bonchev–Trinajstić information content (AvgIpc) is 2.75. The maximum Gasteiger partial charge on any atom is 0.254 e. The lowest BCUT2D eigenvalue weighted by atomic mass is 10.1. The third-order valence-electron chi connectivity index (χ3n) is 3.59. The fourth-order valence-corrected chi connectivity index (χ4v) is 2.41. The van der Waals surface area contributed by atoms with Crippen LogP contribution in [0.1, 0.15) is 35.3 Å². The van der Waals surface area contributed by atoms with E-state index in [2.05, 4.69) is 27.2 Å². The summed E-state index contributed by atoms with van der Waals surface area (Å²) in [5.41, 5.74) is 1.29. The first-order valence-electron chi connectivity index (χ1n) is 6.43. The van der Waals surface area contributed by atoms with E-state index >= 15 is 0 Å². The summed E-state index contributed by atoms with van der Waals surface area (Å²) in [4.78, 5) is 22.2. The molecule has 1 aliphatic rings. The van der Waals surface area contributed by atoms with Crippen molar-refractivity contribution in [2.75, 3.05) is 20.1 Å². The van der Waals surface area contributed by atoms with Crippen molar-refractivity contribution in [2.45, 2.75) is 32.2 Å². The lowest BCUT2D eigenvalue weighted by Crippen LogP contribution is -2.32. The van der Waals surface area contributed by atoms with Crippen LogP contribution in [0.3, 0.4) is 0 Å². The van der Waals surface area contributed by atoms with Gasteiger partial charge in [0, 0.05) is 18.8 Å². The Kier molecular flexibility index (Phi) is 4.25. The topological polar surface area (TPSA) is 58.1 Å². The second-order valence-corrected chi connectivity index (χ2v) is 4.84. The number of likely N-dealkylation sites (tertiary alicyclic amines) is 1. The van der Waals surface area contributed by atoms with Gasteiger partial charge >= 0.3 is 0 Å². The molecule has 1 amide bonds. The van der Waals surface area contributed by atoms with Crippen molar-refractivity contribution >= 4 is 5.91 Å². The summed E-state index contributed by atoms with van der Waals surface area (Å²) in [7, 11) is 2.15. The predicted octanol–water partition coefficient (Wildman–Crippen LogP) is 0.999. The molecule has 1 aliphatic heterocycles. The number of aryl methyl sites for hydroxylation is 1. The molecule has 1 unspecified atom stereocenters. The first-order valence-corrected chi connectivity index (χ1v) is 6.43. The van der Waals surface area contributed by atoms with Crippen LogP contribution in [0.4, 0.5) is 0 Å². The summed E-state index contributed by atoms with van der Waals surface area (Å²) >= 11 is 0. The number of carbonyl (C=O) groups is 1. The van der Waals surface area contributed by atoms with E-state index < -0.39 is 0 Å². The van der Waals surface area contributed by atoms with Crippen molar-refractivity contribution in [1.29, 1.82) is 0 Å². The third-order valence-corrected chi connectivity index (χ3v) is 3.59. The molecular formula is C13H20N4O. The smallest absolute Gasteiger partial charge is 0.254 e. The Labute approximate surface area is 108 Å². The molecule has 1 N–H and O–H groups in total. The zero-order chi connectivity index (χ0) is 13.0. The normalized spacial score (nSPS) is 20.0. The Morgan fingerprint density at radius 1 is 1.61 bits per heavy atom. The second-order valence-electron chi connectivity index (χ2n) is 4.84. The minimum Gasteiger partial charge on any atom is -0.352 e. The summed E-state index contributed by atoms with van der Waals surface area (Å²) < 4.78 is 0. The van der Waals surface area contributed by atoms with Crippen molar-refractivity contribution in [2.24, 2.45) is 0 Å². The average molecular weight is 248 g/mol. The van der Waals surface area contributed by atoms with Gasteiger partial charge in [-0.3, -0.25) is 4.79 Å². The first kappa shape index (κ1) is 13.0. The van der Waals surface area contributed by atoms with Gasteiger partial charge in [0.25, 0.3) is 5.91 Å². The second kappa shape index (κ2) is 5.91. The van der Waals surface area contributed by atoms with Crippen LogP contribution in [0, 0.1) is 6.92 Å². The van der Waals surface area contributed by atoms with E-state index in [0.717, 1.165) is 12.1 Å². The molecule has 5 nitrogen and oxygen atoms in total. The van der Waals surface area contributed by atoms with Crippen LogP contribution >= 0.6 is 0 Å². The van der Waals surface area contributed by atoms with E-state index in [4.69, 9.17) is 0 Å². The van der Waals surface area contributed by atoms with Gasteiger partial charge in [0.1, 0.15) is 6.33 Å². The first-order chi connectivity index (χ1) is 8.68. The lowest BCUT2D eigenvalue weighted by Gasteiger charge is -2.19. The van der Waals surface area contributed by atoms with Crippen LogP contribution < -0.4 is 5.32 Å². The van der Waals surface area contributed by atoms with E-state index in [1.54, 1.807) is 6.20 Å². The van der Waals surface area contributed by atoms with Crippen LogP contribution in [-0.2, 0) is 0 Å². The Morgan fingerprint density at radius 3 is 3.11 bits per heavy atom. The molecule has 1 aromatic heterocycles. The van der Waals surface area contributed by atoms with Crippen molar-refractivity contribution in [1.82, 2.24) is 20.2 Å².